The smallest absolute Gasteiger partial charge is 0.416 e. The van der Waals surface area contributed by atoms with Gasteiger partial charge in [0.1, 0.15) is 5.75 Å². The largest absolute Gasteiger partial charge is 0.478 e. The second-order valence-electron chi connectivity index (χ2n) is 9.96. The van der Waals surface area contributed by atoms with E-state index in [1.54, 1.807) is 25.1 Å². The summed E-state index contributed by atoms with van der Waals surface area (Å²) in [4.78, 5) is 24.4. The molecule has 0 atom stereocenters. The van der Waals surface area contributed by atoms with Crippen molar-refractivity contribution < 1.29 is 32.6 Å². The lowest BCUT2D eigenvalue weighted by atomic mass is 9.90. The molecule has 0 bridgehead atoms. The third-order valence-electron chi connectivity index (χ3n) is 6.31. The minimum atomic E-state index is -4.39. The fraction of sp³-hybridized carbons (Fsp3) is 0.333. The molecule has 37 heavy (non-hydrogen) atoms. The molecular weight excluding hydrogens is 481 g/mol. The summed E-state index contributed by atoms with van der Waals surface area (Å²) in [6.07, 6.45) is -3.67. The average Bonchev–Trinajstić information content (AvgIpc) is 2.82. The molecule has 0 saturated heterocycles. The lowest BCUT2D eigenvalue weighted by Gasteiger charge is -2.23. The summed E-state index contributed by atoms with van der Waals surface area (Å²) in [7, 11) is 0. The first-order valence-electron chi connectivity index (χ1n) is 12.1. The van der Waals surface area contributed by atoms with Crippen LogP contribution in [-0.4, -0.2) is 22.5 Å². The highest BCUT2D eigenvalue weighted by Gasteiger charge is 2.31. The molecule has 0 heterocycles. The lowest BCUT2D eigenvalue weighted by Crippen LogP contribution is -2.38. The van der Waals surface area contributed by atoms with E-state index < -0.39 is 23.3 Å². The Balaban J connectivity index is 1.79. The number of hydrogen-bond donors (Lipinski definition) is 1. The highest BCUT2D eigenvalue weighted by Crippen LogP contribution is 2.33. The second kappa shape index (κ2) is 10.8. The molecule has 0 aliphatic rings. The molecule has 0 amide bonds. The number of halogens is 3. The van der Waals surface area contributed by atoms with E-state index in [1.807, 2.05) is 18.2 Å². The van der Waals surface area contributed by atoms with Gasteiger partial charge < -0.3 is 9.84 Å². The Morgan fingerprint density at radius 3 is 2.08 bits per heavy atom. The molecule has 0 radical (unpaired) electrons. The first kappa shape index (κ1) is 28.0. The van der Waals surface area contributed by atoms with Crippen molar-refractivity contribution in [2.24, 2.45) is 0 Å². The van der Waals surface area contributed by atoms with Crippen LogP contribution in [0.15, 0.2) is 60.7 Å². The van der Waals surface area contributed by atoms with E-state index in [2.05, 4.69) is 13.8 Å². The summed E-state index contributed by atoms with van der Waals surface area (Å²) >= 11 is 0. The van der Waals surface area contributed by atoms with E-state index >= 15 is 0 Å². The van der Waals surface area contributed by atoms with Gasteiger partial charge in [-0.05, 0) is 91.3 Å². The Bertz CT molecular complexity index is 1290. The normalized spacial score (nSPS) is 12.0. The van der Waals surface area contributed by atoms with Gasteiger partial charge in [-0.15, -0.1) is 0 Å². The molecule has 0 aromatic heterocycles. The van der Waals surface area contributed by atoms with Crippen LogP contribution in [0.2, 0.25) is 0 Å². The van der Waals surface area contributed by atoms with Crippen molar-refractivity contribution in [1.82, 2.24) is 0 Å². The van der Waals surface area contributed by atoms with Crippen LogP contribution in [-0.2, 0) is 17.4 Å². The number of carboxylic acids is 1. The maximum atomic E-state index is 13.0. The number of carbonyl (C=O) groups excluding carboxylic acids is 1. The topological polar surface area (TPSA) is 63.6 Å². The number of aryl methyl sites for hydroxylation is 2. The average molecular weight is 513 g/mol. The number of benzene rings is 3. The van der Waals surface area contributed by atoms with Crippen molar-refractivity contribution in [1.29, 1.82) is 0 Å². The first-order chi connectivity index (χ1) is 17.2. The minimum Gasteiger partial charge on any atom is -0.478 e. The van der Waals surface area contributed by atoms with Crippen molar-refractivity contribution in [2.45, 2.75) is 65.2 Å². The zero-order valence-corrected chi connectivity index (χ0v) is 21.6. The number of carbonyl (C=O) groups is 2. The number of aliphatic carboxylic acids is 1. The van der Waals surface area contributed by atoms with Crippen LogP contribution in [0, 0.1) is 6.92 Å². The summed E-state index contributed by atoms with van der Waals surface area (Å²) in [6, 6.07) is 15.8. The third kappa shape index (κ3) is 6.79. The van der Waals surface area contributed by atoms with E-state index in [0.717, 1.165) is 28.8 Å². The molecule has 0 fully saturated rings. The van der Waals surface area contributed by atoms with Crippen molar-refractivity contribution in [2.75, 3.05) is 0 Å². The van der Waals surface area contributed by atoms with Crippen LogP contribution < -0.4 is 4.74 Å². The Morgan fingerprint density at radius 2 is 1.54 bits per heavy atom. The molecule has 3 aromatic carbocycles. The van der Waals surface area contributed by atoms with Gasteiger partial charge in [0.25, 0.3) is 0 Å². The number of rotatable bonds is 9. The zero-order valence-electron chi connectivity index (χ0n) is 21.6. The number of Topliss-reactive ketones (excluding diaryl/α,β-unsaturated/α-hetero) is 1. The van der Waals surface area contributed by atoms with Crippen LogP contribution in [0.4, 0.5) is 13.2 Å². The molecule has 7 heteroatoms. The van der Waals surface area contributed by atoms with Crippen molar-refractivity contribution in [3.63, 3.8) is 0 Å². The number of hydrogen-bond acceptors (Lipinski definition) is 3. The zero-order chi connectivity index (χ0) is 27.5. The Kier molecular flexibility index (Phi) is 8.16. The molecule has 0 aliphatic heterocycles. The van der Waals surface area contributed by atoms with Crippen LogP contribution in [0.3, 0.4) is 0 Å². The fourth-order valence-electron chi connectivity index (χ4n) is 4.07. The fourth-order valence-corrected chi connectivity index (χ4v) is 4.07. The summed E-state index contributed by atoms with van der Waals surface area (Å²) < 4.78 is 44.4. The van der Waals surface area contributed by atoms with Crippen LogP contribution in [0.1, 0.15) is 72.6 Å². The summed E-state index contributed by atoms with van der Waals surface area (Å²) in [6.45, 7) is 8.78. The quantitative estimate of drug-likeness (QED) is 0.297. The minimum absolute atomic E-state index is 0.0678. The predicted molar refractivity (Wildman–Crippen MR) is 137 cm³/mol. The van der Waals surface area contributed by atoms with E-state index in [0.29, 0.717) is 28.9 Å². The molecule has 3 aromatic rings. The molecular formula is C30H31F3O4. The van der Waals surface area contributed by atoms with E-state index in [4.69, 9.17) is 4.74 Å². The monoisotopic (exact) mass is 512 g/mol. The second-order valence-corrected chi connectivity index (χ2v) is 9.96. The van der Waals surface area contributed by atoms with Crippen LogP contribution >= 0.6 is 0 Å². The summed E-state index contributed by atoms with van der Waals surface area (Å²) in [5, 5.41) is 9.29. The highest BCUT2D eigenvalue weighted by atomic mass is 19.4. The number of carboxylic acid groups (broad SMARTS) is 1. The number of ether oxygens (including phenoxy) is 1. The maximum Gasteiger partial charge on any atom is 0.416 e. The Hall–Kier alpha value is -3.61. The molecule has 0 saturated carbocycles. The molecule has 3 rings (SSSR count). The van der Waals surface area contributed by atoms with Gasteiger partial charge in [0.15, 0.2) is 11.4 Å². The van der Waals surface area contributed by atoms with Gasteiger partial charge in [0.05, 0.1) is 5.56 Å². The van der Waals surface area contributed by atoms with Gasteiger partial charge in [0.2, 0.25) is 0 Å². The van der Waals surface area contributed by atoms with Crippen molar-refractivity contribution in [3.8, 4) is 16.9 Å². The summed E-state index contributed by atoms with van der Waals surface area (Å²) in [5.74, 6) is -0.549. The van der Waals surface area contributed by atoms with E-state index in [-0.39, 0.29) is 18.1 Å². The Morgan fingerprint density at radius 1 is 0.919 bits per heavy atom. The van der Waals surface area contributed by atoms with Crippen LogP contribution in [0.5, 0.6) is 5.75 Å². The Labute approximate surface area is 215 Å². The van der Waals surface area contributed by atoms with Gasteiger partial charge in [-0.1, -0.05) is 44.2 Å². The summed E-state index contributed by atoms with van der Waals surface area (Å²) in [5.41, 5.74) is 2.58. The van der Waals surface area contributed by atoms with Gasteiger partial charge in [-0.3, -0.25) is 4.79 Å². The molecule has 196 valence electrons. The third-order valence-corrected chi connectivity index (χ3v) is 6.31. The van der Waals surface area contributed by atoms with Gasteiger partial charge in [-0.2, -0.15) is 13.2 Å². The van der Waals surface area contributed by atoms with Crippen molar-refractivity contribution in [3.05, 3.63) is 88.5 Å². The van der Waals surface area contributed by atoms with E-state index in [9.17, 15) is 27.9 Å². The molecule has 0 unspecified atom stereocenters. The maximum absolute atomic E-state index is 13.0. The van der Waals surface area contributed by atoms with Gasteiger partial charge >= 0.3 is 12.1 Å². The SMILES string of the molecule is Cc1cc(C(=O)CCc2cc(-c3ccc(C(F)(F)F)cc3)ccc2C(C)C)ccc1OC(C)(C)C(=O)O. The molecule has 1 N–H and O–H groups in total. The number of alkyl halides is 3. The first-order valence-corrected chi connectivity index (χ1v) is 12.1. The van der Waals surface area contributed by atoms with Crippen molar-refractivity contribution >= 4 is 11.8 Å². The van der Waals surface area contributed by atoms with Crippen LogP contribution in [0.25, 0.3) is 11.1 Å². The predicted octanol–water partition coefficient (Wildman–Crippen LogP) is 7.86. The van der Waals surface area contributed by atoms with E-state index in [1.165, 1.54) is 26.0 Å². The molecule has 0 aliphatic carbocycles. The lowest BCUT2D eigenvalue weighted by molar-refractivity contribution is -0.152. The van der Waals surface area contributed by atoms with Gasteiger partial charge in [-0.25, -0.2) is 4.79 Å². The molecule has 4 nitrogen and oxygen atoms in total. The standard InChI is InChI=1S/C30H31F3O4/c1-18(2)25-13-8-21(20-6-11-24(12-7-20)30(31,32)33)17-22(25)9-14-26(34)23-10-15-27(19(3)16-23)37-29(4,5)28(35)36/h6-8,10-13,15-18H,9,14H2,1-5H3,(H,35,36). The van der Waals surface area contributed by atoms with Gasteiger partial charge in [0, 0.05) is 12.0 Å². The molecule has 0 spiro atoms. The highest BCUT2D eigenvalue weighted by molar-refractivity contribution is 5.96. The number of ketones is 1.